The van der Waals surface area contributed by atoms with E-state index in [1.165, 1.54) is 6.07 Å². The number of nitrogens with two attached hydrogens (primary N) is 1. The molecule has 2 aromatic carbocycles. The minimum Gasteiger partial charge on any atom is -0.421 e. The summed E-state index contributed by atoms with van der Waals surface area (Å²) in [5.74, 6) is -0.725. The van der Waals surface area contributed by atoms with Gasteiger partial charge in [-0.2, -0.15) is 0 Å². The summed E-state index contributed by atoms with van der Waals surface area (Å²) in [4.78, 5) is 25.6. The molecule has 0 unspecified atom stereocenters. The molecule has 1 aliphatic carbocycles. The van der Waals surface area contributed by atoms with Crippen molar-refractivity contribution in [2.24, 2.45) is 5.73 Å². The molecule has 2 aromatic heterocycles. The lowest BCUT2D eigenvalue weighted by molar-refractivity contribution is 0.162. The number of aromatic nitrogens is 3. The Hall–Kier alpha value is -3.15. The van der Waals surface area contributed by atoms with Crippen molar-refractivity contribution in [2.75, 3.05) is 0 Å². The van der Waals surface area contributed by atoms with Gasteiger partial charge in [0.1, 0.15) is 5.82 Å². The molecule has 4 aromatic rings. The lowest BCUT2D eigenvalue weighted by Gasteiger charge is -2.15. The van der Waals surface area contributed by atoms with Crippen LogP contribution < -0.4 is 17.0 Å². The second-order valence-electron chi connectivity index (χ2n) is 8.13. The van der Waals surface area contributed by atoms with Gasteiger partial charge >= 0.3 is 5.69 Å². The Labute approximate surface area is 190 Å². The summed E-state index contributed by atoms with van der Waals surface area (Å²) >= 11 is 6.03. The molecule has 9 nitrogen and oxygen atoms in total. The maximum atomic E-state index is 15.0. The fourth-order valence-electron chi connectivity index (χ4n) is 4.51. The predicted octanol–water partition coefficient (Wildman–Crippen LogP) is 2.56. The highest BCUT2D eigenvalue weighted by Crippen LogP contribution is 2.36. The fraction of sp³-hybridized carbons (Fsp3) is 0.238. The number of halogens is 2. The Balaban J connectivity index is 1.76. The monoisotopic (exact) mass is 492 g/mol. The normalized spacial score (nSPS) is 19.0. The molecule has 0 radical (unpaired) electrons. The number of H-pyrrole nitrogens is 1. The van der Waals surface area contributed by atoms with Crippen LogP contribution in [0.4, 0.5) is 4.39 Å². The molecule has 2 heterocycles. The number of sulfone groups is 1. The first-order valence-corrected chi connectivity index (χ1v) is 11.9. The van der Waals surface area contributed by atoms with E-state index in [0.717, 1.165) is 31.0 Å². The van der Waals surface area contributed by atoms with Gasteiger partial charge in [0.05, 0.1) is 31.2 Å². The van der Waals surface area contributed by atoms with E-state index in [1.54, 1.807) is 12.3 Å². The number of fused-ring (bicyclic) bond motifs is 2. The van der Waals surface area contributed by atoms with Crippen molar-refractivity contribution in [3.8, 4) is 0 Å². The standard InChI is InChI=1S/C21H18ClFN4O5S/c22-14-3-4-17(19-18(14)20(28)27(30)21(29)25-19)33(31,32)12-8-15(23)13-5-6-26(16(13)9-12)11-2-1-10(24)7-11/h3-6,8-11,30H,1-2,7,24H2,(H,25,29)/t10-,11-/m0/s1. The van der Waals surface area contributed by atoms with E-state index in [0.29, 0.717) is 11.9 Å². The Bertz CT molecular complexity index is 1670. The lowest BCUT2D eigenvalue weighted by atomic mass is 10.2. The number of rotatable bonds is 3. The molecule has 12 heteroatoms. The first-order chi connectivity index (χ1) is 15.6. The van der Waals surface area contributed by atoms with Crippen LogP contribution in [0.25, 0.3) is 21.8 Å². The zero-order chi connectivity index (χ0) is 23.7. The van der Waals surface area contributed by atoms with Crippen LogP contribution in [0.2, 0.25) is 5.02 Å². The predicted molar refractivity (Wildman–Crippen MR) is 119 cm³/mol. The number of hydrogen-bond acceptors (Lipinski definition) is 6. The van der Waals surface area contributed by atoms with Gasteiger partial charge in [-0.15, -0.1) is 0 Å². The number of hydrogen-bond donors (Lipinski definition) is 3. The summed E-state index contributed by atoms with van der Waals surface area (Å²) in [5.41, 5.74) is 3.62. The minimum atomic E-state index is -4.41. The van der Waals surface area contributed by atoms with Gasteiger partial charge in [0, 0.05) is 23.7 Å². The maximum absolute atomic E-state index is 15.0. The van der Waals surface area contributed by atoms with Crippen LogP contribution in [0.15, 0.2) is 55.9 Å². The Morgan fingerprint density at radius 3 is 2.64 bits per heavy atom. The summed E-state index contributed by atoms with van der Waals surface area (Å²) < 4.78 is 43.7. The van der Waals surface area contributed by atoms with E-state index in [4.69, 9.17) is 17.3 Å². The van der Waals surface area contributed by atoms with Crippen molar-refractivity contribution in [3.05, 3.63) is 68.2 Å². The minimum absolute atomic E-state index is 0.0191. The van der Waals surface area contributed by atoms with E-state index in [9.17, 15) is 27.6 Å². The molecular formula is C21H18ClFN4O5S. The van der Waals surface area contributed by atoms with Gasteiger partial charge in [0.2, 0.25) is 9.84 Å². The lowest BCUT2D eigenvalue weighted by Crippen LogP contribution is -2.33. The Morgan fingerprint density at radius 2 is 1.94 bits per heavy atom. The van der Waals surface area contributed by atoms with Crippen molar-refractivity contribution in [2.45, 2.75) is 41.1 Å². The van der Waals surface area contributed by atoms with E-state index in [-0.39, 0.29) is 43.0 Å². The fourth-order valence-corrected chi connectivity index (χ4v) is 6.20. The molecule has 1 saturated carbocycles. The highest BCUT2D eigenvalue weighted by Gasteiger charge is 2.28. The third-order valence-electron chi connectivity index (χ3n) is 6.15. The van der Waals surface area contributed by atoms with Crippen LogP contribution in [0, 0.1) is 5.82 Å². The highest BCUT2D eigenvalue weighted by molar-refractivity contribution is 7.91. The molecule has 0 saturated heterocycles. The van der Waals surface area contributed by atoms with Crippen LogP contribution in [0.3, 0.4) is 0 Å². The van der Waals surface area contributed by atoms with Gasteiger partial charge in [0.15, 0.2) is 0 Å². The van der Waals surface area contributed by atoms with Gasteiger partial charge in [-0.1, -0.05) is 16.3 Å². The quantitative estimate of drug-likeness (QED) is 0.375. The average molecular weight is 493 g/mol. The molecule has 0 aliphatic heterocycles. The van der Waals surface area contributed by atoms with Gasteiger partial charge in [-0.05, 0) is 49.6 Å². The topological polar surface area (TPSA) is 140 Å². The molecular weight excluding hydrogens is 475 g/mol. The molecule has 0 bridgehead atoms. The first kappa shape index (κ1) is 21.7. The maximum Gasteiger partial charge on any atom is 0.362 e. The van der Waals surface area contributed by atoms with E-state index < -0.39 is 31.8 Å². The van der Waals surface area contributed by atoms with Gasteiger partial charge in [0.25, 0.3) is 5.56 Å². The second-order valence-corrected chi connectivity index (χ2v) is 10.5. The second kappa shape index (κ2) is 7.44. The number of aromatic amines is 1. The van der Waals surface area contributed by atoms with Crippen molar-refractivity contribution in [3.63, 3.8) is 0 Å². The van der Waals surface area contributed by atoms with Gasteiger partial charge < -0.3 is 20.5 Å². The molecule has 1 aliphatic rings. The molecule has 0 amide bonds. The molecule has 33 heavy (non-hydrogen) atoms. The van der Waals surface area contributed by atoms with Crippen molar-refractivity contribution >= 4 is 43.2 Å². The van der Waals surface area contributed by atoms with Crippen LogP contribution in [0.1, 0.15) is 25.3 Å². The van der Waals surface area contributed by atoms with Crippen LogP contribution >= 0.6 is 11.6 Å². The average Bonchev–Trinajstić information content (AvgIpc) is 3.38. The van der Waals surface area contributed by atoms with Crippen molar-refractivity contribution in [1.82, 2.24) is 14.3 Å². The van der Waals surface area contributed by atoms with Crippen LogP contribution in [-0.2, 0) is 9.84 Å². The van der Waals surface area contributed by atoms with Gasteiger partial charge in [-0.3, -0.25) is 4.79 Å². The van der Waals surface area contributed by atoms with Crippen molar-refractivity contribution in [1.29, 1.82) is 0 Å². The smallest absolute Gasteiger partial charge is 0.362 e. The molecule has 4 N–H and O–H groups in total. The third-order valence-corrected chi connectivity index (χ3v) is 8.24. The SMILES string of the molecule is N[C@H]1CC[C@H](n2ccc3c(F)cc(S(=O)(=O)c4ccc(Cl)c5c(=O)n(O)c(=O)[nH]c45)cc32)C1. The summed E-state index contributed by atoms with van der Waals surface area (Å²) in [5, 5.41) is 9.33. The number of nitrogens with zero attached hydrogens (tertiary/aromatic N) is 2. The molecule has 1 fully saturated rings. The summed E-state index contributed by atoms with van der Waals surface area (Å²) in [7, 11) is -4.41. The highest BCUT2D eigenvalue weighted by atomic mass is 35.5. The summed E-state index contributed by atoms with van der Waals surface area (Å²) in [6.07, 6.45) is 4.02. The molecule has 2 atom stereocenters. The zero-order valence-electron chi connectivity index (χ0n) is 17.0. The number of nitrogens with one attached hydrogen (secondary N) is 1. The van der Waals surface area contributed by atoms with Crippen molar-refractivity contribution < 1.29 is 18.0 Å². The van der Waals surface area contributed by atoms with E-state index >= 15 is 0 Å². The largest absolute Gasteiger partial charge is 0.421 e. The first-order valence-electron chi connectivity index (χ1n) is 10.1. The summed E-state index contributed by atoms with van der Waals surface area (Å²) in [6.45, 7) is 0. The van der Waals surface area contributed by atoms with Crippen LogP contribution in [0.5, 0.6) is 0 Å². The zero-order valence-corrected chi connectivity index (χ0v) is 18.5. The van der Waals surface area contributed by atoms with E-state index in [2.05, 4.69) is 4.98 Å². The Kier molecular flexibility index (Phi) is 4.89. The molecule has 0 spiro atoms. The molecule has 5 rings (SSSR count). The third kappa shape index (κ3) is 3.26. The summed E-state index contributed by atoms with van der Waals surface area (Å²) in [6, 6.07) is 6.17. The van der Waals surface area contributed by atoms with E-state index in [1.807, 2.05) is 4.57 Å². The molecule has 172 valence electrons. The number of benzene rings is 2. The van der Waals surface area contributed by atoms with Crippen LogP contribution in [-0.4, -0.2) is 33.9 Å². The van der Waals surface area contributed by atoms with Gasteiger partial charge in [-0.25, -0.2) is 17.6 Å². The Morgan fingerprint density at radius 1 is 1.18 bits per heavy atom.